The van der Waals surface area contributed by atoms with Gasteiger partial charge in [-0.2, -0.15) is 0 Å². The number of aliphatic hydroxyl groups is 1. The summed E-state index contributed by atoms with van der Waals surface area (Å²) in [5, 5.41) is 12.0. The summed E-state index contributed by atoms with van der Waals surface area (Å²) in [5.74, 6) is 0.416. The van der Waals surface area contributed by atoms with Crippen LogP contribution >= 0.6 is 0 Å². The topological polar surface area (TPSA) is 87.8 Å². The van der Waals surface area contributed by atoms with Gasteiger partial charge in [0.05, 0.1) is 25.4 Å². The van der Waals surface area contributed by atoms with Gasteiger partial charge in [-0.1, -0.05) is 13.8 Å². The number of nitrogens with zero attached hydrogens (tertiary/aromatic N) is 1. The standard InChI is InChI=1S/C15H25N3O3/c1-4-13(18(5-2)8-9-19)15(20)17-12-7-6-11(16)10-14(12)21-3/h6-7,10,13,19H,4-5,8-9,16H2,1-3H3,(H,17,20). The molecule has 0 saturated heterocycles. The molecular formula is C15H25N3O3. The normalized spacial score (nSPS) is 12.2. The van der Waals surface area contributed by atoms with Gasteiger partial charge in [-0.25, -0.2) is 0 Å². The van der Waals surface area contributed by atoms with Crippen LogP contribution < -0.4 is 15.8 Å². The number of methoxy groups -OCH3 is 1. The van der Waals surface area contributed by atoms with Gasteiger partial charge in [0.2, 0.25) is 5.91 Å². The molecule has 0 radical (unpaired) electrons. The first kappa shape index (κ1) is 17.3. The lowest BCUT2D eigenvalue weighted by Crippen LogP contribution is -2.45. The molecule has 1 aromatic carbocycles. The Balaban J connectivity index is 2.87. The number of nitrogens with two attached hydrogens (primary N) is 1. The molecule has 0 bridgehead atoms. The highest BCUT2D eigenvalue weighted by molar-refractivity contribution is 5.96. The average molecular weight is 295 g/mol. The average Bonchev–Trinajstić information content (AvgIpc) is 2.48. The van der Waals surface area contributed by atoms with E-state index in [9.17, 15) is 4.79 Å². The van der Waals surface area contributed by atoms with Gasteiger partial charge in [-0.15, -0.1) is 0 Å². The summed E-state index contributed by atoms with van der Waals surface area (Å²) < 4.78 is 5.23. The number of benzene rings is 1. The van der Waals surface area contributed by atoms with Gasteiger partial charge in [-0.05, 0) is 25.1 Å². The number of nitrogen functional groups attached to an aromatic ring is 1. The highest BCUT2D eigenvalue weighted by Crippen LogP contribution is 2.27. The van der Waals surface area contributed by atoms with Crippen molar-refractivity contribution in [2.75, 3.05) is 37.9 Å². The highest BCUT2D eigenvalue weighted by Gasteiger charge is 2.23. The summed E-state index contributed by atoms with van der Waals surface area (Å²) in [7, 11) is 1.53. The molecular weight excluding hydrogens is 270 g/mol. The van der Waals surface area contributed by atoms with Crippen molar-refractivity contribution in [3.63, 3.8) is 0 Å². The number of amides is 1. The fourth-order valence-electron chi connectivity index (χ4n) is 2.30. The van der Waals surface area contributed by atoms with Crippen molar-refractivity contribution in [3.8, 4) is 5.75 Å². The fourth-order valence-corrected chi connectivity index (χ4v) is 2.30. The zero-order valence-electron chi connectivity index (χ0n) is 12.9. The Labute approximate surface area is 125 Å². The molecule has 1 amide bonds. The predicted molar refractivity (Wildman–Crippen MR) is 84.4 cm³/mol. The number of carbonyl (C=O) groups is 1. The van der Waals surface area contributed by atoms with Crippen LogP contribution in [0.3, 0.4) is 0 Å². The Kier molecular flexibility index (Phi) is 6.98. The molecule has 118 valence electrons. The third-order valence-corrected chi connectivity index (χ3v) is 3.41. The van der Waals surface area contributed by atoms with E-state index in [1.807, 2.05) is 18.7 Å². The summed E-state index contributed by atoms with van der Waals surface area (Å²) >= 11 is 0. The van der Waals surface area contributed by atoms with Crippen molar-refractivity contribution in [1.29, 1.82) is 0 Å². The second kappa shape index (κ2) is 8.49. The molecule has 0 aliphatic heterocycles. The van der Waals surface area contributed by atoms with Gasteiger partial charge < -0.3 is 20.9 Å². The highest BCUT2D eigenvalue weighted by atomic mass is 16.5. The number of nitrogens with one attached hydrogen (secondary N) is 1. The molecule has 4 N–H and O–H groups in total. The van der Waals surface area contributed by atoms with Gasteiger partial charge in [0.25, 0.3) is 0 Å². The minimum Gasteiger partial charge on any atom is -0.494 e. The monoisotopic (exact) mass is 295 g/mol. The molecule has 1 atom stereocenters. The third kappa shape index (κ3) is 4.61. The van der Waals surface area contributed by atoms with Gasteiger partial charge in [0, 0.05) is 18.3 Å². The molecule has 0 heterocycles. The maximum atomic E-state index is 12.5. The van der Waals surface area contributed by atoms with Crippen LogP contribution in [0.15, 0.2) is 18.2 Å². The van der Waals surface area contributed by atoms with Crippen LogP contribution in [0.2, 0.25) is 0 Å². The maximum Gasteiger partial charge on any atom is 0.241 e. The lowest BCUT2D eigenvalue weighted by molar-refractivity contribution is -0.121. The van der Waals surface area contributed by atoms with Crippen LogP contribution in [0.5, 0.6) is 5.75 Å². The zero-order valence-corrected chi connectivity index (χ0v) is 12.9. The molecule has 21 heavy (non-hydrogen) atoms. The van der Waals surface area contributed by atoms with Crippen molar-refractivity contribution in [3.05, 3.63) is 18.2 Å². The van der Waals surface area contributed by atoms with Crippen LogP contribution in [0.1, 0.15) is 20.3 Å². The molecule has 6 nitrogen and oxygen atoms in total. The van der Waals surface area contributed by atoms with Crippen LogP contribution in [0.25, 0.3) is 0 Å². The molecule has 6 heteroatoms. The Morgan fingerprint density at radius 3 is 2.71 bits per heavy atom. The molecule has 0 aromatic heterocycles. The van der Waals surface area contributed by atoms with Crippen LogP contribution in [0, 0.1) is 0 Å². The minimum absolute atomic E-state index is 0.0306. The van der Waals surface area contributed by atoms with Gasteiger partial charge >= 0.3 is 0 Å². The molecule has 0 aliphatic rings. The number of rotatable bonds is 8. The molecule has 1 unspecified atom stereocenters. The summed E-state index contributed by atoms with van der Waals surface area (Å²) in [6, 6.07) is 4.82. The van der Waals surface area contributed by atoms with Crippen LogP contribution in [-0.2, 0) is 4.79 Å². The smallest absolute Gasteiger partial charge is 0.241 e. The second-order valence-electron chi connectivity index (χ2n) is 4.73. The largest absolute Gasteiger partial charge is 0.494 e. The SMILES string of the molecule is CCC(C(=O)Nc1ccc(N)cc1OC)N(CC)CCO. The van der Waals surface area contributed by atoms with E-state index in [4.69, 9.17) is 15.6 Å². The van der Waals surface area contributed by atoms with E-state index in [1.54, 1.807) is 18.2 Å². The van der Waals surface area contributed by atoms with Crippen molar-refractivity contribution in [1.82, 2.24) is 4.90 Å². The Bertz CT molecular complexity index is 465. The first-order valence-electron chi connectivity index (χ1n) is 7.16. The van der Waals surface area contributed by atoms with Gasteiger partial charge in [0.1, 0.15) is 5.75 Å². The number of aliphatic hydroxyl groups excluding tert-OH is 1. The molecule has 0 fully saturated rings. The van der Waals surface area contributed by atoms with E-state index < -0.39 is 0 Å². The van der Waals surface area contributed by atoms with E-state index in [0.717, 1.165) is 0 Å². The molecule has 1 rings (SSSR count). The van der Waals surface area contributed by atoms with Crippen molar-refractivity contribution >= 4 is 17.3 Å². The summed E-state index contributed by atoms with van der Waals surface area (Å²) in [5.41, 5.74) is 6.87. The van der Waals surface area contributed by atoms with E-state index in [0.29, 0.717) is 36.6 Å². The first-order chi connectivity index (χ1) is 10.1. The fraction of sp³-hybridized carbons (Fsp3) is 0.533. The number of hydrogen-bond acceptors (Lipinski definition) is 5. The van der Waals surface area contributed by atoms with E-state index in [2.05, 4.69) is 5.32 Å². The summed E-state index contributed by atoms with van der Waals surface area (Å²) in [6.45, 7) is 5.12. The van der Waals surface area contributed by atoms with E-state index in [1.165, 1.54) is 7.11 Å². The number of carbonyl (C=O) groups excluding carboxylic acids is 1. The molecule has 1 aromatic rings. The third-order valence-electron chi connectivity index (χ3n) is 3.41. The predicted octanol–water partition coefficient (Wildman–Crippen LogP) is 1.31. The van der Waals surface area contributed by atoms with Crippen molar-refractivity contribution in [2.24, 2.45) is 0 Å². The number of ether oxygens (including phenoxy) is 1. The molecule has 0 spiro atoms. The van der Waals surface area contributed by atoms with Crippen molar-refractivity contribution in [2.45, 2.75) is 26.3 Å². The Morgan fingerprint density at radius 1 is 1.48 bits per heavy atom. The Hall–Kier alpha value is -1.79. The number of anilines is 2. The van der Waals surface area contributed by atoms with Gasteiger partial charge in [-0.3, -0.25) is 9.69 Å². The zero-order chi connectivity index (χ0) is 15.8. The van der Waals surface area contributed by atoms with Crippen molar-refractivity contribution < 1.29 is 14.6 Å². The molecule has 0 aliphatic carbocycles. The summed E-state index contributed by atoms with van der Waals surface area (Å²) in [6.07, 6.45) is 0.664. The quantitative estimate of drug-likeness (QED) is 0.629. The van der Waals surface area contributed by atoms with E-state index >= 15 is 0 Å². The minimum atomic E-state index is -0.288. The number of likely N-dealkylation sites (N-methyl/N-ethyl adjacent to an activating group) is 1. The first-order valence-corrected chi connectivity index (χ1v) is 7.16. The lowest BCUT2D eigenvalue weighted by Gasteiger charge is -2.28. The molecule has 0 saturated carbocycles. The number of hydrogen-bond donors (Lipinski definition) is 3. The lowest BCUT2D eigenvalue weighted by atomic mass is 10.1. The Morgan fingerprint density at radius 2 is 2.19 bits per heavy atom. The van der Waals surface area contributed by atoms with Gasteiger partial charge in [0.15, 0.2) is 0 Å². The van der Waals surface area contributed by atoms with E-state index in [-0.39, 0.29) is 18.6 Å². The van der Waals surface area contributed by atoms with Crippen LogP contribution in [0.4, 0.5) is 11.4 Å². The second-order valence-corrected chi connectivity index (χ2v) is 4.73. The summed E-state index contributed by atoms with van der Waals surface area (Å²) in [4.78, 5) is 14.4. The van der Waals surface area contributed by atoms with Crippen LogP contribution in [-0.4, -0.2) is 48.8 Å². The maximum absolute atomic E-state index is 12.5.